The molecule has 0 saturated heterocycles. The van der Waals surface area contributed by atoms with E-state index >= 15 is 0 Å². The number of hydrogen-bond donors (Lipinski definition) is 4. The van der Waals surface area contributed by atoms with E-state index in [0.29, 0.717) is 30.4 Å². The van der Waals surface area contributed by atoms with Gasteiger partial charge in [0.1, 0.15) is 5.69 Å². The first-order valence-electron chi connectivity index (χ1n) is 11.7. The number of para-hydroxylation sites is 4. The number of nitrogens with zero attached hydrogens (tertiary/aromatic N) is 4. The number of aromatic amines is 1. The second kappa shape index (κ2) is 11.3. The van der Waals surface area contributed by atoms with Crippen LogP contribution < -0.4 is 16.4 Å². The molecule has 4 rings (SSSR count). The number of urea groups is 1. The number of rotatable bonds is 9. The maximum atomic E-state index is 13.1. The number of pyridine rings is 1. The van der Waals surface area contributed by atoms with E-state index in [2.05, 4.69) is 30.5 Å². The number of nitrogen functional groups attached to an aromatic ring is 1. The molecule has 3 amide bonds. The van der Waals surface area contributed by atoms with Gasteiger partial charge in [0.15, 0.2) is 0 Å². The van der Waals surface area contributed by atoms with Gasteiger partial charge in [-0.15, -0.1) is 0 Å². The first-order valence-corrected chi connectivity index (χ1v) is 11.7. The number of H-pyrrole nitrogens is 1. The smallest absolute Gasteiger partial charge is 0.324 e. The molecule has 4 aromatic rings. The Morgan fingerprint density at radius 1 is 0.972 bits per heavy atom. The number of nitrogens with two attached hydrogens (primary N) is 1. The lowest BCUT2D eigenvalue weighted by atomic mass is 10.2. The average Bonchev–Trinajstić information content (AvgIpc) is 3.27. The van der Waals surface area contributed by atoms with Gasteiger partial charge in [0.05, 0.1) is 22.4 Å². The molecular weight excluding hydrogens is 456 g/mol. The van der Waals surface area contributed by atoms with Crippen LogP contribution in [0.3, 0.4) is 0 Å². The summed E-state index contributed by atoms with van der Waals surface area (Å²) in [4.78, 5) is 41.3. The fraction of sp³-hybridized carbons (Fsp3) is 0.231. The Balaban J connectivity index is 1.43. The van der Waals surface area contributed by atoms with Crippen LogP contribution in [0, 0.1) is 0 Å². The second-order valence-electron chi connectivity index (χ2n) is 8.70. The molecule has 2 heterocycles. The SMILES string of the molecule is CN(C)CCCN(Cc1ccc(C(=O)Nc2ccccc2N)nc1)C(=O)Nc1nc2ccccc2[nH]1. The van der Waals surface area contributed by atoms with Crippen molar-refractivity contribution in [2.24, 2.45) is 0 Å². The Labute approximate surface area is 209 Å². The van der Waals surface area contributed by atoms with Crippen molar-refractivity contribution in [1.82, 2.24) is 24.8 Å². The minimum Gasteiger partial charge on any atom is -0.397 e. The largest absolute Gasteiger partial charge is 0.397 e. The van der Waals surface area contributed by atoms with E-state index in [-0.39, 0.29) is 17.6 Å². The van der Waals surface area contributed by atoms with Gasteiger partial charge in [0.2, 0.25) is 5.95 Å². The molecule has 0 bridgehead atoms. The zero-order chi connectivity index (χ0) is 25.5. The van der Waals surface area contributed by atoms with E-state index in [1.807, 2.05) is 38.4 Å². The molecule has 0 aliphatic heterocycles. The fourth-order valence-corrected chi connectivity index (χ4v) is 3.69. The fourth-order valence-electron chi connectivity index (χ4n) is 3.69. The normalized spacial score (nSPS) is 11.0. The van der Waals surface area contributed by atoms with Crippen molar-refractivity contribution in [1.29, 1.82) is 0 Å². The molecule has 0 radical (unpaired) electrons. The Bertz CT molecular complexity index is 1300. The van der Waals surface area contributed by atoms with Crippen molar-refractivity contribution in [3.05, 3.63) is 78.1 Å². The molecule has 0 fully saturated rings. The Morgan fingerprint density at radius 3 is 2.47 bits per heavy atom. The number of benzene rings is 2. The number of imidazole rings is 1. The predicted octanol–water partition coefficient (Wildman–Crippen LogP) is 3.78. The van der Waals surface area contributed by atoms with Crippen LogP contribution >= 0.6 is 0 Å². The topological polar surface area (TPSA) is 132 Å². The van der Waals surface area contributed by atoms with Gasteiger partial charge in [-0.1, -0.05) is 30.3 Å². The van der Waals surface area contributed by atoms with Crippen LogP contribution in [0.25, 0.3) is 11.0 Å². The molecule has 0 unspecified atom stereocenters. The number of amides is 3. The van der Waals surface area contributed by atoms with Crippen LogP contribution in [0.5, 0.6) is 0 Å². The van der Waals surface area contributed by atoms with Gasteiger partial charge in [-0.2, -0.15) is 0 Å². The Hall–Kier alpha value is -4.44. The van der Waals surface area contributed by atoms with Gasteiger partial charge in [-0.25, -0.2) is 9.78 Å². The number of hydrogen-bond acceptors (Lipinski definition) is 6. The third-order valence-corrected chi connectivity index (χ3v) is 5.58. The highest BCUT2D eigenvalue weighted by Crippen LogP contribution is 2.18. The summed E-state index contributed by atoms with van der Waals surface area (Å²) in [7, 11) is 3.99. The summed E-state index contributed by atoms with van der Waals surface area (Å²) < 4.78 is 0. The summed E-state index contributed by atoms with van der Waals surface area (Å²) >= 11 is 0. The molecule has 0 aliphatic carbocycles. The van der Waals surface area contributed by atoms with Crippen molar-refractivity contribution in [2.75, 3.05) is 43.6 Å². The van der Waals surface area contributed by atoms with Gasteiger partial charge in [0.25, 0.3) is 5.91 Å². The molecule has 186 valence electrons. The average molecular weight is 487 g/mol. The molecule has 0 aliphatic rings. The van der Waals surface area contributed by atoms with Crippen molar-refractivity contribution >= 4 is 40.3 Å². The van der Waals surface area contributed by atoms with Gasteiger partial charge >= 0.3 is 6.03 Å². The number of anilines is 3. The van der Waals surface area contributed by atoms with E-state index in [1.165, 1.54) is 0 Å². The molecular formula is C26H30N8O2. The van der Waals surface area contributed by atoms with Crippen LogP contribution in [0.1, 0.15) is 22.5 Å². The standard InChI is InChI=1S/C26H30N8O2/c1-33(2)14-7-15-34(26(36)32-25-30-21-10-5-6-11-22(21)31-25)17-18-12-13-23(28-16-18)24(35)29-20-9-4-3-8-19(20)27/h3-6,8-13,16H,7,14-15,17,27H2,1-2H3,(H,29,35)(H2,30,31,32,36). The summed E-state index contributed by atoms with van der Waals surface area (Å²) in [5.41, 5.74) is 9.60. The van der Waals surface area contributed by atoms with Gasteiger partial charge in [-0.3, -0.25) is 15.1 Å². The lowest BCUT2D eigenvalue weighted by molar-refractivity contribution is 0.102. The molecule has 36 heavy (non-hydrogen) atoms. The summed E-state index contributed by atoms with van der Waals surface area (Å²) in [6.07, 6.45) is 2.41. The molecule has 2 aromatic heterocycles. The maximum Gasteiger partial charge on any atom is 0.324 e. The van der Waals surface area contributed by atoms with Crippen LogP contribution in [0.15, 0.2) is 66.9 Å². The quantitative estimate of drug-likeness (QED) is 0.266. The van der Waals surface area contributed by atoms with Crippen LogP contribution in [-0.2, 0) is 6.54 Å². The summed E-state index contributed by atoms with van der Waals surface area (Å²) in [6, 6.07) is 17.8. The number of carbonyl (C=O) groups excluding carboxylic acids is 2. The zero-order valence-corrected chi connectivity index (χ0v) is 20.4. The highest BCUT2D eigenvalue weighted by atomic mass is 16.2. The van der Waals surface area contributed by atoms with Crippen molar-refractivity contribution in [3.8, 4) is 0 Å². The Morgan fingerprint density at radius 2 is 1.75 bits per heavy atom. The number of carbonyl (C=O) groups is 2. The Kier molecular flexibility index (Phi) is 7.76. The van der Waals surface area contributed by atoms with Crippen LogP contribution in [0.2, 0.25) is 0 Å². The number of fused-ring (bicyclic) bond motifs is 1. The molecule has 0 spiro atoms. The highest BCUT2D eigenvalue weighted by Gasteiger charge is 2.17. The third kappa shape index (κ3) is 6.36. The highest BCUT2D eigenvalue weighted by molar-refractivity contribution is 6.04. The summed E-state index contributed by atoms with van der Waals surface area (Å²) in [5.74, 6) is 0.0362. The third-order valence-electron chi connectivity index (χ3n) is 5.58. The zero-order valence-electron chi connectivity index (χ0n) is 20.4. The van der Waals surface area contributed by atoms with Crippen molar-refractivity contribution in [2.45, 2.75) is 13.0 Å². The molecule has 5 N–H and O–H groups in total. The van der Waals surface area contributed by atoms with Gasteiger partial charge in [0, 0.05) is 19.3 Å². The van der Waals surface area contributed by atoms with E-state index in [0.717, 1.165) is 29.6 Å². The van der Waals surface area contributed by atoms with Crippen molar-refractivity contribution < 1.29 is 9.59 Å². The number of aromatic nitrogens is 3. The molecule has 0 atom stereocenters. The molecule has 0 saturated carbocycles. The first kappa shape index (κ1) is 24.7. The molecule has 2 aromatic carbocycles. The van der Waals surface area contributed by atoms with E-state index in [9.17, 15) is 9.59 Å². The van der Waals surface area contributed by atoms with E-state index in [4.69, 9.17) is 5.73 Å². The molecule has 10 heteroatoms. The monoisotopic (exact) mass is 486 g/mol. The van der Waals surface area contributed by atoms with Crippen LogP contribution in [-0.4, -0.2) is 63.9 Å². The first-order chi connectivity index (χ1) is 17.4. The maximum absolute atomic E-state index is 13.1. The minimum absolute atomic E-state index is 0.257. The van der Waals surface area contributed by atoms with E-state index in [1.54, 1.807) is 47.5 Å². The molecule has 10 nitrogen and oxygen atoms in total. The van der Waals surface area contributed by atoms with Crippen LogP contribution in [0.4, 0.5) is 22.1 Å². The summed E-state index contributed by atoms with van der Waals surface area (Å²) in [6.45, 7) is 1.72. The summed E-state index contributed by atoms with van der Waals surface area (Å²) in [5, 5.41) is 5.63. The lowest BCUT2D eigenvalue weighted by Gasteiger charge is -2.23. The van der Waals surface area contributed by atoms with Gasteiger partial charge < -0.3 is 25.8 Å². The van der Waals surface area contributed by atoms with Gasteiger partial charge in [-0.05, 0) is 63.0 Å². The lowest BCUT2D eigenvalue weighted by Crippen LogP contribution is -2.36. The second-order valence-corrected chi connectivity index (χ2v) is 8.70. The number of nitrogens with one attached hydrogen (secondary N) is 3. The van der Waals surface area contributed by atoms with E-state index < -0.39 is 0 Å². The minimum atomic E-state index is -0.357. The van der Waals surface area contributed by atoms with Crippen molar-refractivity contribution in [3.63, 3.8) is 0 Å². The predicted molar refractivity (Wildman–Crippen MR) is 142 cm³/mol.